The number of piperazine rings is 1. The van der Waals surface area contributed by atoms with Gasteiger partial charge in [-0.15, -0.1) is 0 Å². The van der Waals surface area contributed by atoms with Gasteiger partial charge in [-0.3, -0.25) is 14.5 Å². The molecular formula is C20H30N4O2. The highest BCUT2D eigenvalue weighted by atomic mass is 16.2. The van der Waals surface area contributed by atoms with Gasteiger partial charge in [-0.1, -0.05) is 37.3 Å². The first-order valence-electron chi connectivity index (χ1n) is 9.61. The van der Waals surface area contributed by atoms with Gasteiger partial charge >= 0.3 is 0 Å². The topological polar surface area (TPSA) is 78.7 Å². The molecule has 0 radical (unpaired) electrons. The number of nitrogens with two attached hydrogens (primary N) is 1. The second-order valence-electron chi connectivity index (χ2n) is 7.55. The third kappa shape index (κ3) is 4.43. The van der Waals surface area contributed by atoms with E-state index in [9.17, 15) is 9.59 Å². The van der Waals surface area contributed by atoms with Crippen molar-refractivity contribution in [3.8, 4) is 0 Å². The van der Waals surface area contributed by atoms with Crippen LogP contribution in [0.4, 0.5) is 0 Å². The Kier molecular flexibility index (Phi) is 5.94. The summed E-state index contributed by atoms with van der Waals surface area (Å²) in [4.78, 5) is 29.1. The molecule has 3 atom stereocenters. The molecule has 0 spiro atoms. The summed E-state index contributed by atoms with van der Waals surface area (Å²) in [7, 11) is 0. The van der Waals surface area contributed by atoms with Crippen molar-refractivity contribution in [3.63, 3.8) is 0 Å². The lowest BCUT2D eigenvalue weighted by atomic mass is 9.94. The van der Waals surface area contributed by atoms with Crippen LogP contribution in [-0.2, 0) is 9.59 Å². The highest BCUT2D eigenvalue weighted by molar-refractivity contribution is 5.82. The van der Waals surface area contributed by atoms with Gasteiger partial charge in [0.1, 0.15) is 0 Å². The van der Waals surface area contributed by atoms with Crippen molar-refractivity contribution in [2.75, 3.05) is 26.2 Å². The van der Waals surface area contributed by atoms with E-state index in [1.165, 1.54) is 0 Å². The molecule has 3 unspecified atom stereocenters. The van der Waals surface area contributed by atoms with Gasteiger partial charge in [-0.05, 0) is 25.3 Å². The number of nitrogens with one attached hydrogen (secondary N) is 1. The van der Waals surface area contributed by atoms with E-state index < -0.39 is 0 Å². The summed E-state index contributed by atoms with van der Waals surface area (Å²) in [5.41, 5.74) is 7.29. The lowest BCUT2D eigenvalue weighted by Crippen LogP contribution is -2.56. The molecule has 6 nitrogen and oxygen atoms in total. The Morgan fingerprint density at radius 2 is 1.69 bits per heavy atom. The molecule has 2 fully saturated rings. The van der Waals surface area contributed by atoms with Crippen LogP contribution in [0.25, 0.3) is 0 Å². The molecule has 3 rings (SSSR count). The average molecular weight is 358 g/mol. The Labute approximate surface area is 155 Å². The molecule has 142 valence electrons. The van der Waals surface area contributed by atoms with Crippen LogP contribution in [-0.4, -0.2) is 59.9 Å². The van der Waals surface area contributed by atoms with Crippen LogP contribution >= 0.6 is 0 Å². The van der Waals surface area contributed by atoms with Crippen molar-refractivity contribution in [2.45, 2.75) is 44.8 Å². The van der Waals surface area contributed by atoms with Crippen molar-refractivity contribution < 1.29 is 9.59 Å². The molecule has 1 saturated carbocycles. The number of benzene rings is 1. The number of carbonyl (C=O) groups is 2. The fourth-order valence-corrected chi connectivity index (χ4v) is 3.45. The van der Waals surface area contributed by atoms with E-state index in [-0.39, 0.29) is 29.8 Å². The number of amides is 2. The summed E-state index contributed by atoms with van der Waals surface area (Å²) in [6, 6.07) is 9.70. The molecule has 1 saturated heterocycles. The van der Waals surface area contributed by atoms with Crippen LogP contribution in [0.1, 0.15) is 38.3 Å². The van der Waals surface area contributed by atoms with Gasteiger partial charge in [0.05, 0.1) is 12.0 Å². The highest BCUT2D eigenvalue weighted by Gasteiger charge is 2.33. The molecule has 0 aromatic heterocycles. The molecule has 2 amide bonds. The molecule has 26 heavy (non-hydrogen) atoms. The molecule has 6 heteroatoms. The van der Waals surface area contributed by atoms with Crippen LogP contribution in [0.3, 0.4) is 0 Å². The summed E-state index contributed by atoms with van der Waals surface area (Å²) in [5.74, 6) is -0.0672. The molecule has 1 aliphatic heterocycles. The zero-order valence-electron chi connectivity index (χ0n) is 15.7. The van der Waals surface area contributed by atoms with Crippen LogP contribution < -0.4 is 11.1 Å². The average Bonchev–Trinajstić information content (AvgIpc) is 3.50. The predicted molar refractivity (Wildman–Crippen MR) is 101 cm³/mol. The van der Waals surface area contributed by atoms with Crippen LogP contribution in [0.15, 0.2) is 30.3 Å². The van der Waals surface area contributed by atoms with Gasteiger partial charge in [-0.25, -0.2) is 0 Å². The van der Waals surface area contributed by atoms with Crippen molar-refractivity contribution in [1.82, 2.24) is 15.1 Å². The minimum atomic E-state index is -0.301. The van der Waals surface area contributed by atoms with Gasteiger partial charge < -0.3 is 16.0 Å². The van der Waals surface area contributed by atoms with Crippen LogP contribution in [0.5, 0.6) is 0 Å². The second kappa shape index (κ2) is 8.18. The standard InChI is InChI=1S/C20H30N4O2/c1-14(18(21)16-6-4-3-5-7-16)20(26)24-12-10-23(11-13-24)15(2)19(25)22-17-8-9-17/h3-7,14-15,17-18H,8-13,21H2,1-2H3,(H,22,25). The van der Waals surface area contributed by atoms with E-state index in [1.54, 1.807) is 0 Å². The Morgan fingerprint density at radius 3 is 2.27 bits per heavy atom. The SMILES string of the molecule is CC(C(=O)N1CCN(C(C)C(=O)NC2CC2)CC1)C(N)c1ccccc1. The summed E-state index contributed by atoms with van der Waals surface area (Å²) in [6.45, 7) is 6.58. The highest BCUT2D eigenvalue weighted by Crippen LogP contribution is 2.22. The fraction of sp³-hybridized carbons (Fsp3) is 0.600. The summed E-state index contributed by atoms with van der Waals surface area (Å²) in [5, 5.41) is 3.06. The minimum Gasteiger partial charge on any atom is -0.352 e. The zero-order valence-corrected chi connectivity index (χ0v) is 15.7. The number of rotatable bonds is 6. The normalized spacial score (nSPS) is 21.7. The smallest absolute Gasteiger partial charge is 0.237 e. The van der Waals surface area contributed by atoms with Gasteiger partial charge in [0.15, 0.2) is 0 Å². The van der Waals surface area contributed by atoms with Crippen LogP contribution in [0.2, 0.25) is 0 Å². The van der Waals surface area contributed by atoms with E-state index in [0.29, 0.717) is 19.1 Å². The molecule has 1 aromatic rings. The number of hydrogen-bond acceptors (Lipinski definition) is 4. The maximum atomic E-state index is 12.8. The maximum absolute atomic E-state index is 12.8. The molecule has 2 aliphatic rings. The van der Waals surface area contributed by atoms with Gasteiger partial charge in [-0.2, -0.15) is 0 Å². The molecule has 1 aliphatic carbocycles. The van der Waals surface area contributed by atoms with Crippen molar-refractivity contribution in [1.29, 1.82) is 0 Å². The Hall–Kier alpha value is -1.92. The third-order valence-electron chi connectivity index (χ3n) is 5.59. The number of nitrogens with zero attached hydrogens (tertiary/aromatic N) is 2. The predicted octanol–water partition coefficient (Wildman–Crippen LogP) is 1.13. The number of hydrogen-bond donors (Lipinski definition) is 2. The Morgan fingerprint density at radius 1 is 1.08 bits per heavy atom. The largest absolute Gasteiger partial charge is 0.352 e. The molecule has 1 aromatic carbocycles. The Bertz CT molecular complexity index is 624. The Balaban J connectivity index is 1.50. The third-order valence-corrected chi connectivity index (χ3v) is 5.59. The van der Waals surface area contributed by atoms with Crippen molar-refractivity contribution >= 4 is 11.8 Å². The van der Waals surface area contributed by atoms with E-state index >= 15 is 0 Å². The maximum Gasteiger partial charge on any atom is 0.237 e. The van der Waals surface area contributed by atoms with E-state index in [1.807, 2.05) is 49.1 Å². The molecule has 1 heterocycles. The summed E-state index contributed by atoms with van der Waals surface area (Å²) >= 11 is 0. The zero-order chi connectivity index (χ0) is 18.7. The first-order valence-corrected chi connectivity index (χ1v) is 9.61. The molecular weight excluding hydrogens is 328 g/mol. The second-order valence-corrected chi connectivity index (χ2v) is 7.55. The van der Waals surface area contributed by atoms with E-state index in [4.69, 9.17) is 5.73 Å². The monoisotopic (exact) mass is 358 g/mol. The molecule has 0 bridgehead atoms. The van der Waals surface area contributed by atoms with E-state index in [2.05, 4.69) is 10.2 Å². The fourth-order valence-electron chi connectivity index (χ4n) is 3.45. The van der Waals surface area contributed by atoms with Crippen molar-refractivity contribution in [3.05, 3.63) is 35.9 Å². The van der Waals surface area contributed by atoms with Crippen molar-refractivity contribution in [2.24, 2.45) is 11.7 Å². The lowest BCUT2D eigenvalue weighted by molar-refractivity contribution is -0.138. The summed E-state index contributed by atoms with van der Waals surface area (Å²) in [6.07, 6.45) is 2.20. The number of carbonyl (C=O) groups excluding carboxylic acids is 2. The van der Waals surface area contributed by atoms with Gasteiger partial charge in [0, 0.05) is 38.3 Å². The molecule has 3 N–H and O–H groups in total. The first kappa shape index (κ1) is 18.9. The van der Waals surface area contributed by atoms with E-state index in [0.717, 1.165) is 31.5 Å². The minimum absolute atomic E-state index is 0.0936. The quantitative estimate of drug-likeness (QED) is 0.799. The van der Waals surface area contributed by atoms with Gasteiger partial charge in [0.2, 0.25) is 11.8 Å². The lowest BCUT2D eigenvalue weighted by Gasteiger charge is -2.39. The van der Waals surface area contributed by atoms with Gasteiger partial charge in [0.25, 0.3) is 0 Å². The summed E-state index contributed by atoms with van der Waals surface area (Å²) < 4.78 is 0. The van der Waals surface area contributed by atoms with Crippen LogP contribution in [0, 0.1) is 5.92 Å². The first-order chi connectivity index (χ1) is 12.5.